The van der Waals surface area contributed by atoms with Gasteiger partial charge in [-0.25, -0.2) is 4.98 Å². The number of hydrogen-bond acceptors (Lipinski definition) is 3. The molecule has 0 atom stereocenters. The second kappa shape index (κ2) is 7.19. The molecule has 2 heterocycles. The Morgan fingerprint density at radius 1 is 0.964 bits per heavy atom. The van der Waals surface area contributed by atoms with E-state index in [0.717, 1.165) is 22.3 Å². The fourth-order valence-electron chi connectivity index (χ4n) is 3.18. The van der Waals surface area contributed by atoms with E-state index in [1.165, 1.54) is 0 Å². The van der Waals surface area contributed by atoms with E-state index in [-0.39, 0.29) is 5.91 Å². The summed E-state index contributed by atoms with van der Waals surface area (Å²) < 4.78 is 7.42. The van der Waals surface area contributed by atoms with Crippen molar-refractivity contribution in [1.29, 1.82) is 0 Å². The van der Waals surface area contributed by atoms with Crippen LogP contribution in [0.2, 0.25) is 0 Å². The number of amides is 1. The van der Waals surface area contributed by atoms with Gasteiger partial charge in [-0.1, -0.05) is 35.9 Å². The minimum Gasteiger partial charge on any atom is -0.496 e. The Morgan fingerprint density at radius 3 is 2.43 bits per heavy atom. The lowest BCUT2D eigenvalue weighted by molar-refractivity contribution is 0.102. The summed E-state index contributed by atoms with van der Waals surface area (Å²) in [7, 11) is 1.63. The maximum Gasteiger partial charge on any atom is 0.256 e. The molecule has 0 saturated heterocycles. The number of carbonyl (C=O) groups is 1. The highest BCUT2D eigenvalue weighted by molar-refractivity contribution is 6.06. The van der Waals surface area contributed by atoms with Crippen LogP contribution in [0.25, 0.3) is 16.9 Å². The maximum atomic E-state index is 12.9. The fraction of sp³-hybridized carbons (Fsp3) is 0.130. The molecule has 0 radical (unpaired) electrons. The number of nitrogens with zero attached hydrogens (tertiary/aromatic N) is 2. The number of rotatable bonds is 4. The number of aromatic nitrogens is 2. The number of fused-ring (bicyclic) bond motifs is 1. The summed E-state index contributed by atoms with van der Waals surface area (Å²) in [6.07, 6.45) is 1.96. The van der Waals surface area contributed by atoms with Gasteiger partial charge in [-0.05, 0) is 49.7 Å². The number of aryl methyl sites for hydroxylation is 2. The van der Waals surface area contributed by atoms with Gasteiger partial charge in [0.1, 0.15) is 22.9 Å². The number of ether oxygens (including phenoxy) is 1. The van der Waals surface area contributed by atoms with Crippen LogP contribution in [-0.4, -0.2) is 22.4 Å². The number of carbonyl (C=O) groups excluding carboxylic acids is 1. The average Bonchev–Trinajstić information content (AvgIpc) is 3.05. The van der Waals surface area contributed by atoms with E-state index < -0.39 is 0 Å². The van der Waals surface area contributed by atoms with Gasteiger partial charge in [0.2, 0.25) is 0 Å². The number of hydrogen-bond donors (Lipinski definition) is 1. The zero-order valence-corrected chi connectivity index (χ0v) is 16.1. The lowest BCUT2D eigenvalue weighted by Crippen LogP contribution is -2.14. The van der Waals surface area contributed by atoms with Crippen molar-refractivity contribution >= 4 is 17.4 Å². The highest BCUT2D eigenvalue weighted by atomic mass is 16.5. The molecule has 5 nitrogen and oxygen atoms in total. The highest BCUT2D eigenvalue weighted by Crippen LogP contribution is 2.35. The summed E-state index contributed by atoms with van der Waals surface area (Å²) >= 11 is 0. The molecule has 0 spiro atoms. The van der Waals surface area contributed by atoms with Gasteiger partial charge in [-0.3, -0.25) is 9.20 Å². The van der Waals surface area contributed by atoms with E-state index in [0.29, 0.717) is 22.8 Å². The molecule has 1 amide bonds. The molecule has 0 unspecified atom stereocenters. The predicted molar refractivity (Wildman–Crippen MR) is 111 cm³/mol. The molecule has 0 bridgehead atoms. The molecule has 4 aromatic rings. The number of nitrogens with one attached hydrogen (secondary N) is 1. The Hall–Kier alpha value is -3.60. The Labute approximate surface area is 163 Å². The molecule has 28 heavy (non-hydrogen) atoms. The van der Waals surface area contributed by atoms with E-state index in [2.05, 4.69) is 5.32 Å². The third-order valence-corrected chi connectivity index (χ3v) is 4.67. The molecular formula is C23H21N3O2. The largest absolute Gasteiger partial charge is 0.496 e. The molecule has 1 N–H and O–H groups in total. The lowest BCUT2D eigenvalue weighted by Gasteiger charge is -2.11. The second-order valence-corrected chi connectivity index (χ2v) is 6.76. The predicted octanol–water partition coefficient (Wildman–Crippen LogP) is 4.88. The van der Waals surface area contributed by atoms with Crippen LogP contribution in [0, 0.1) is 13.8 Å². The van der Waals surface area contributed by atoms with E-state index >= 15 is 0 Å². The van der Waals surface area contributed by atoms with Crippen molar-refractivity contribution in [2.45, 2.75) is 13.8 Å². The van der Waals surface area contributed by atoms with E-state index in [1.54, 1.807) is 7.11 Å². The van der Waals surface area contributed by atoms with E-state index in [4.69, 9.17) is 9.72 Å². The minimum absolute atomic E-state index is 0.181. The molecule has 0 fully saturated rings. The SMILES string of the molecule is COc1ccccc1-c1nc2ccc(C)cn2c1NC(=O)c1ccc(C)cc1. The molecule has 2 aromatic carbocycles. The summed E-state index contributed by atoms with van der Waals surface area (Å²) in [6, 6.07) is 19.1. The number of imidazole rings is 1. The van der Waals surface area contributed by atoms with Crippen LogP contribution in [0.1, 0.15) is 21.5 Å². The van der Waals surface area contributed by atoms with Crippen LogP contribution in [0.4, 0.5) is 5.82 Å². The Kier molecular flexibility index (Phi) is 4.57. The van der Waals surface area contributed by atoms with Crippen molar-refractivity contribution < 1.29 is 9.53 Å². The van der Waals surface area contributed by atoms with Crippen molar-refractivity contribution in [2.24, 2.45) is 0 Å². The van der Waals surface area contributed by atoms with Crippen LogP contribution >= 0.6 is 0 Å². The van der Waals surface area contributed by atoms with Crippen LogP contribution in [0.5, 0.6) is 5.75 Å². The van der Waals surface area contributed by atoms with Gasteiger partial charge >= 0.3 is 0 Å². The monoisotopic (exact) mass is 371 g/mol. The van der Waals surface area contributed by atoms with Crippen LogP contribution < -0.4 is 10.1 Å². The number of anilines is 1. The number of methoxy groups -OCH3 is 1. The quantitative estimate of drug-likeness (QED) is 0.556. The molecule has 5 heteroatoms. The first-order valence-corrected chi connectivity index (χ1v) is 9.07. The van der Waals surface area contributed by atoms with Gasteiger partial charge in [0.05, 0.1) is 7.11 Å². The first-order valence-electron chi connectivity index (χ1n) is 9.07. The smallest absolute Gasteiger partial charge is 0.256 e. The average molecular weight is 371 g/mol. The van der Waals surface area contributed by atoms with Gasteiger partial charge in [0, 0.05) is 17.3 Å². The van der Waals surface area contributed by atoms with Crippen LogP contribution in [0.15, 0.2) is 66.9 Å². The second-order valence-electron chi connectivity index (χ2n) is 6.76. The van der Waals surface area contributed by atoms with Crippen molar-refractivity contribution in [2.75, 3.05) is 12.4 Å². The Morgan fingerprint density at radius 2 is 1.68 bits per heavy atom. The summed E-state index contributed by atoms with van der Waals surface area (Å²) in [6.45, 7) is 4.00. The van der Waals surface area contributed by atoms with Gasteiger partial charge in [0.25, 0.3) is 5.91 Å². The molecule has 0 aliphatic carbocycles. The standard InChI is InChI=1S/C23H21N3O2/c1-15-8-11-17(12-9-15)23(27)25-22-21(18-6-4-5-7-19(18)28-3)24-20-13-10-16(2)14-26(20)22/h4-14H,1-3H3,(H,25,27). The molecule has 2 aromatic heterocycles. The molecule has 0 aliphatic rings. The van der Waals surface area contributed by atoms with Crippen LogP contribution in [-0.2, 0) is 0 Å². The number of para-hydroxylation sites is 1. The lowest BCUT2D eigenvalue weighted by atomic mass is 10.1. The Bertz CT molecular complexity index is 1160. The van der Waals surface area contributed by atoms with Gasteiger partial charge in [-0.2, -0.15) is 0 Å². The van der Waals surface area contributed by atoms with Crippen molar-refractivity contribution in [3.63, 3.8) is 0 Å². The van der Waals surface area contributed by atoms with Crippen molar-refractivity contribution in [3.05, 3.63) is 83.6 Å². The third-order valence-electron chi connectivity index (χ3n) is 4.67. The molecule has 0 aliphatic heterocycles. The van der Waals surface area contributed by atoms with Crippen molar-refractivity contribution in [3.8, 4) is 17.0 Å². The first kappa shape index (κ1) is 17.8. The third kappa shape index (κ3) is 3.22. The summed E-state index contributed by atoms with van der Waals surface area (Å²) in [5, 5.41) is 3.05. The van der Waals surface area contributed by atoms with Gasteiger partial charge in [-0.15, -0.1) is 0 Å². The van der Waals surface area contributed by atoms with Gasteiger partial charge in [0.15, 0.2) is 0 Å². The van der Waals surface area contributed by atoms with Gasteiger partial charge < -0.3 is 10.1 Å². The maximum absolute atomic E-state index is 12.9. The summed E-state index contributed by atoms with van der Waals surface area (Å²) in [5.74, 6) is 1.14. The molecule has 4 rings (SSSR count). The van der Waals surface area contributed by atoms with E-state index in [1.807, 2.05) is 85.1 Å². The normalized spacial score (nSPS) is 10.8. The molecule has 140 valence electrons. The first-order chi connectivity index (χ1) is 13.6. The zero-order valence-electron chi connectivity index (χ0n) is 16.1. The summed E-state index contributed by atoms with van der Waals surface area (Å²) in [4.78, 5) is 17.7. The number of pyridine rings is 1. The van der Waals surface area contributed by atoms with E-state index in [9.17, 15) is 4.79 Å². The number of benzene rings is 2. The topological polar surface area (TPSA) is 55.6 Å². The Balaban J connectivity index is 1.86. The van der Waals surface area contributed by atoms with Crippen LogP contribution in [0.3, 0.4) is 0 Å². The summed E-state index contributed by atoms with van der Waals surface area (Å²) in [5.41, 5.74) is 5.03. The van der Waals surface area contributed by atoms with Crippen molar-refractivity contribution in [1.82, 2.24) is 9.38 Å². The molecule has 0 saturated carbocycles. The molecular weight excluding hydrogens is 350 g/mol. The minimum atomic E-state index is -0.181. The highest BCUT2D eigenvalue weighted by Gasteiger charge is 2.19. The zero-order chi connectivity index (χ0) is 19.7. The fourth-order valence-corrected chi connectivity index (χ4v) is 3.18.